The van der Waals surface area contributed by atoms with E-state index in [2.05, 4.69) is 133 Å². The smallest absolute Gasteiger partial charge is 0.161 e. The number of hydrogen-bond acceptors (Lipinski definition) is 3. The highest BCUT2D eigenvalue weighted by Gasteiger charge is 2.27. The van der Waals surface area contributed by atoms with E-state index >= 15 is 0 Å². The second-order valence-corrected chi connectivity index (χ2v) is 12.1. The summed E-state index contributed by atoms with van der Waals surface area (Å²) in [6.45, 7) is 0. The second-order valence-electron chi connectivity index (χ2n) is 12.1. The van der Waals surface area contributed by atoms with E-state index in [4.69, 9.17) is 14.4 Å². The van der Waals surface area contributed by atoms with Gasteiger partial charge in [-0.2, -0.15) is 0 Å². The third-order valence-electron chi connectivity index (χ3n) is 9.47. The molecular weight excluding hydrogens is 572 g/mol. The number of furan rings is 1. The lowest BCUT2D eigenvalue weighted by Gasteiger charge is -2.12. The Labute approximate surface area is 271 Å². The van der Waals surface area contributed by atoms with Crippen LogP contribution < -0.4 is 0 Å². The van der Waals surface area contributed by atoms with Crippen molar-refractivity contribution in [3.05, 3.63) is 158 Å². The van der Waals surface area contributed by atoms with E-state index in [-0.39, 0.29) is 0 Å². The van der Waals surface area contributed by atoms with Crippen LogP contribution in [0.2, 0.25) is 0 Å². The van der Waals surface area contributed by atoms with Crippen LogP contribution in [0.3, 0.4) is 0 Å². The molecule has 47 heavy (non-hydrogen) atoms. The second kappa shape index (κ2) is 10.1. The summed E-state index contributed by atoms with van der Waals surface area (Å²) in [6.07, 6.45) is 0. The Hall–Kier alpha value is -6.32. The van der Waals surface area contributed by atoms with E-state index in [9.17, 15) is 0 Å². The van der Waals surface area contributed by atoms with Gasteiger partial charge >= 0.3 is 0 Å². The summed E-state index contributed by atoms with van der Waals surface area (Å²) >= 11 is 0. The lowest BCUT2D eigenvalue weighted by Crippen LogP contribution is -1.97. The van der Waals surface area contributed by atoms with Gasteiger partial charge in [0.1, 0.15) is 11.2 Å². The molecule has 0 atom stereocenters. The molecule has 3 nitrogen and oxygen atoms in total. The summed E-state index contributed by atoms with van der Waals surface area (Å²) in [5.41, 5.74) is 13.9. The van der Waals surface area contributed by atoms with Crippen LogP contribution in [0.5, 0.6) is 0 Å². The van der Waals surface area contributed by atoms with E-state index in [1.807, 2.05) is 24.3 Å². The summed E-state index contributed by atoms with van der Waals surface area (Å²) in [5, 5.41) is 4.64. The average molecular weight is 599 g/mol. The summed E-state index contributed by atoms with van der Waals surface area (Å²) in [5.74, 6) is 0.710. The lowest BCUT2D eigenvalue weighted by atomic mass is 9.97. The van der Waals surface area contributed by atoms with Gasteiger partial charge < -0.3 is 4.42 Å². The van der Waals surface area contributed by atoms with Gasteiger partial charge in [-0.15, -0.1) is 0 Å². The van der Waals surface area contributed by atoms with Crippen LogP contribution in [0.4, 0.5) is 0 Å². The molecule has 3 heteroatoms. The van der Waals surface area contributed by atoms with Crippen LogP contribution in [0.25, 0.3) is 100.0 Å². The molecule has 0 saturated heterocycles. The molecule has 0 radical (unpaired) electrons. The predicted molar refractivity (Wildman–Crippen MR) is 193 cm³/mol. The fourth-order valence-electron chi connectivity index (χ4n) is 7.25. The molecule has 0 unspecified atom stereocenters. The first kappa shape index (κ1) is 26.0. The molecular formula is C44H26N2O. The number of aromatic nitrogens is 2. The van der Waals surface area contributed by atoms with Gasteiger partial charge in [-0.05, 0) is 62.9 Å². The van der Waals surface area contributed by atoms with Gasteiger partial charge in [0.05, 0.1) is 11.4 Å². The van der Waals surface area contributed by atoms with E-state index in [1.165, 1.54) is 33.2 Å². The first-order valence-electron chi connectivity index (χ1n) is 15.9. The minimum atomic E-state index is 0.710. The van der Waals surface area contributed by atoms with Crippen LogP contribution in [-0.4, -0.2) is 9.97 Å². The van der Waals surface area contributed by atoms with Crippen molar-refractivity contribution >= 4 is 32.7 Å². The van der Waals surface area contributed by atoms with Gasteiger partial charge in [0, 0.05) is 33.0 Å². The quantitative estimate of drug-likeness (QED) is 0.202. The molecule has 7 aromatic carbocycles. The molecule has 10 rings (SSSR count). The van der Waals surface area contributed by atoms with Crippen LogP contribution in [0, 0.1) is 0 Å². The van der Waals surface area contributed by atoms with E-state index in [1.54, 1.807) is 0 Å². The van der Waals surface area contributed by atoms with Crippen molar-refractivity contribution in [3.8, 4) is 67.3 Å². The highest BCUT2D eigenvalue weighted by molar-refractivity contribution is 6.24. The minimum absolute atomic E-state index is 0.710. The Bertz CT molecular complexity index is 2650. The van der Waals surface area contributed by atoms with Gasteiger partial charge in [-0.25, -0.2) is 9.97 Å². The zero-order chi connectivity index (χ0) is 30.9. The maximum absolute atomic E-state index is 6.51. The number of fused-ring (bicyclic) bond motifs is 7. The van der Waals surface area contributed by atoms with Crippen molar-refractivity contribution in [3.63, 3.8) is 0 Å². The molecule has 0 fully saturated rings. The van der Waals surface area contributed by atoms with Crippen LogP contribution in [-0.2, 0) is 0 Å². The molecule has 1 aliphatic carbocycles. The molecule has 0 spiro atoms. The molecule has 0 aliphatic heterocycles. The molecule has 0 bridgehead atoms. The first-order chi connectivity index (χ1) is 23.3. The Morgan fingerprint density at radius 1 is 0.383 bits per heavy atom. The van der Waals surface area contributed by atoms with Gasteiger partial charge in [0.15, 0.2) is 5.82 Å². The Kier molecular flexibility index (Phi) is 5.57. The maximum atomic E-state index is 6.51. The number of para-hydroxylation sites is 1. The molecule has 0 saturated carbocycles. The third kappa shape index (κ3) is 4.00. The normalized spacial score (nSPS) is 11.8. The highest BCUT2D eigenvalue weighted by Crippen LogP contribution is 2.52. The van der Waals surface area contributed by atoms with Crippen molar-refractivity contribution in [2.75, 3.05) is 0 Å². The lowest BCUT2D eigenvalue weighted by molar-refractivity contribution is 0.670. The maximum Gasteiger partial charge on any atom is 0.161 e. The van der Waals surface area contributed by atoms with Gasteiger partial charge in [-0.1, -0.05) is 133 Å². The van der Waals surface area contributed by atoms with Crippen molar-refractivity contribution in [2.24, 2.45) is 0 Å². The molecule has 2 aromatic heterocycles. The average Bonchev–Trinajstić information content (AvgIpc) is 3.69. The number of nitrogens with zero attached hydrogens (tertiary/aromatic N) is 2. The number of benzene rings is 7. The minimum Gasteiger partial charge on any atom is -0.455 e. The number of rotatable bonds is 4. The topological polar surface area (TPSA) is 38.9 Å². The first-order valence-corrected chi connectivity index (χ1v) is 15.9. The summed E-state index contributed by atoms with van der Waals surface area (Å²) < 4.78 is 6.51. The highest BCUT2D eigenvalue weighted by atomic mass is 16.3. The molecule has 218 valence electrons. The molecule has 0 N–H and O–H groups in total. The van der Waals surface area contributed by atoms with E-state index in [0.29, 0.717) is 5.82 Å². The van der Waals surface area contributed by atoms with Crippen molar-refractivity contribution < 1.29 is 4.42 Å². The predicted octanol–water partition coefficient (Wildman–Crippen LogP) is 11.8. The third-order valence-corrected chi connectivity index (χ3v) is 9.47. The summed E-state index contributed by atoms with van der Waals surface area (Å²) in [7, 11) is 0. The number of hydrogen-bond donors (Lipinski definition) is 0. The van der Waals surface area contributed by atoms with Crippen LogP contribution in [0.15, 0.2) is 162 Å². The van der Waals surface area contributed by atoms with Crippen LogP contribution >= 0.6 is 0 Å². The Morgan fingerprint density at radius 3 is 1.77 bits per heavy atom. The van der Waals surface area contributed by atoms with Gasteiger partial charge in [-0.3, -0.25) is 0 Å². The van der Waals surface area contributed by atoms with E-state index in [0.717, 1.165) is 61.0 Å². The SMILES string of the molecule is c1ccc(-c2ccc(-c3cc(-c4ccccc4)nc(-c4ccc5c6c(cccc46)-c4ccc6c(oc7ccccc76)c4-5)n3)cc2)cc1. The van der Waals surface area contributed by atoms with Crippen molar-refractivity contribution in [1.82, 2.24) is 9.97 Å². The fourth-order valence-corrected chi connectivity index (χ4v) is 7.25. The monoisotopic (exact) mass is 598 g/mol. The van der Waals surface area contributed by atoms with Gasteiger partial charge in [0.2, 0.25) is 0 Å². The van der Waals surface area contributed by atoms with Crippen molar-refractivity contribution in [2.45, 2.75) is 0 Å². The zero-order valence-corrected chi connectivity index (χ0v) is 25.3. The van der Waals surface area contributed by atoms with Gasteiger partial charge in [0.25, 0.3) is 0 Å². The molecule has 2 heterocycles. The molecule has 0 amide bonds. The fraction of sp³-hybridized carbons (Fsp3) is 0. The molecule has 9 aromatic rings. The largest absolute Gasteiger partial charge is 0.455 e. The van der Waals surface area contributed by atoms with E-state index < -0.39 is 0 Å². The summed E-state index contributed by atoms with van der Waals surface area (Å²) in [6, 6.07) is 55.3. The molecule has 1 aliphatic rings. The van der Waals surface area contributed by atoms with Crippen molar-refractivity contribution in [1.29, 1.82) is 0 Å². The zero-order valence-electron chi connectivity index (χ0n) is 25.3. The Balaban J connectivity index is 1.17. The Morgan fingerprint density at radius 2 is 0.979 bits per heavy atom. The van der Waals surface area contributed by atoms with Crippen LogP contribution in [0.1, 0.15) is 0 Å². The standard InChI is InChI=1S/C44H26N2O/c1-3-10-27(11-4-1)28-18-20-30(21-19-28)39-26-38(29-12-5-2-6-13-29)45-44(46-39)36-24-25-37-41-32(15-9-16-33(36)41)34-22-23-35-31-14-7-8-17-40(31)47-43(35)42(34)37/h1-26H. The summed E-state index contributed by atoms with van der Waals surface area (Å²) in [4.78, 5) is 10.4.